The molecule has 0 amide bonds. The molecular formula is C21H14N2O2. The molecular weight excluding hydrogens is 312 g/mol. The molecule has 25 heavy (non-hydrogen) atoms. The summed E-state index contributed by atoms with van der Waals surface area (Å²) >= 11 is 0. The van der Waals surface area contributed by atoms with Crippen LogP contribution in [0.4, 0.5) is 0 Å². The van der Waals surface area contributed by atoms with Gasteiger partial charge >= 0.3 is 0 Å². The van der Waals surface area contributed by atoms with Gasteiger partial charge in [0.1, 0.15) is 11.5 Å². The highest BCUT2D eigenvalue weighted by Crippen LogP contribution is 2.36. The van der Waals surface area contributed by atoms with Crippen LogP contribution >= 0.6 is 0 Å². The van der Waals surface area contributed by atoms with Gasteiger partial charge in [0.2, 0.25) is 6.79 Å². The van der Waals surface area contributed by atoms with Crippen molar-refractivity contribution in [3.63, 3.8) is 0 Å². The molecule has 5 rings (SSSR count). The van der Waals surface area contributed by atoms with E-state index in [9.17, 15) is 0 Å². The summed E-state index contributed by atoms with van der Waals surface area (Å²) in [6.07, 6.45) is 0. The van der Waals surface area contributed by atoms with E-state index in [1.54, 1.807) is 0 Å². The molecule has 4 aromatic rings. The van der Waals surface area contributed by atoms with Crippen LogP contribution < -0.4 is 9.47 Å². The maximum atomic E-state index is 5.59. The van der Waals surface area contributed by atoms with Crippen molar-refractivity contribution in [1.82, 2.24) is 10.2 Å². The van der Waals surface area contributed by atoms with E-state index >= 15 is 0 Å². The average molecular weight is 326 g/mol. The van der Waals surface area contributed by atoms with Crippen LogP contribution in [0, 0.1) is 0 Å². The zero-order chi connectivity index (χ0) is 16.6. The van der Waals surface area contributed by atoms with E-state index in [-0.39, 0.29) is 6.79 Å². The van der Waals surface area contributed by atoms with Gasteiger partial charge < -0.3 is 9.47 Å². The van der Waals surface area contributed by atoms with Crippen LogP contribution in [-0.4, -0.2) is 17.0 Å². The number of aromatic nitrogens is 2. The quantitative estimate of drug-likeness (QED) is 0.536. The summed E-state index contributed by atoms with van der Waals surface area (Å²) in [4.78, 5) is 0. The molecule has 0 aliphatic carbocycles. The molecule has 1 aliphatic heterocycles. The summed E-state index contributed by atoms with van der Waals surface area (Å²) < 4.78 is 10.9. The summed E-state index contributed by atoms with van der Waals surface area (Å²) in [7, 11) is 0. The highest BCUT2D eigenvalue weighted by Gasteiger charge is 2.13. The molecule has 0 atom stereocenters. The van der Waals surface area contributed by atoms with Crippen LogP contribution in [0.3, 0.4) is 0 Å². The first-order valence-corrected chi connectivity index (χ1v) is 8.10. The van der Waals surface area contributed by atoms with E-state index in [0.717, 1.165) is 44.8 Å². The van der Waals surface area contributed by atoms with E-state index < -0.39 is 0 Å². The number of ether oxygens (including phenoxy) is 2. The molecule has 4 heteroatoms. The number of nitrogens with zero attached hydrogens (tertiary/aromatic N) is 2. The lowest BCUT2D eigenvalue weighted by Crippen LogP contribution is -2.10. The second-order valence-electron chi connectivity index (χ2n) is 5.93. The highest BCUT2D eigenvalue weighted by atomic mass is 16.7. The second-order valence-corrected chi connectivity index (χ2v) is 5.93. The summed E-state index contributed by atoms with van der Waals surface area (Å²) in [6.45, 7) is 0.264. The van der Waals surface area contributed by atoms with Gasteiger partial charge in [-0.1, -0.05) is 42.5 Å². The number of fused-ring (bicyclic) bond motifs is 3. The van der Waals surface area contributed by atoms with Gasteiger partial charge in [-0.05, 0) is 29.8 Å². The van der Waals surface area contributed by atoms with Crippen molar-refractivity contribution in [3.8, 4) is 33.9 Å². The van der Waals surface area contributed by atoms with Gasteiger partial charge in [-0.3, -0.25) is 0 Å². The average Bonchev–Trinajstić information content (AvgIpc) is 2.68. The summed E-state index contributed by atoms with van der Waals surface area (Å²) in [5.74, 6) is 1.69. The third kappa shape index (κ3) is 2.48. The van der Waals surface area contributed by atoms with Crippen molar-refractivity contribution in [3.05, 3.63) is 72.8 Å². The Morgan fingerprint density at radius 1 is 0.720 bits per heavy atom. The number of hydrogen-bond donors (Lipinski definition) is 0. The van der Waals surface area contributed by atoms with Crippen molar-refractivity contribution in [2.45, 2.75) is 0 Å². The van der Waals surface area contributed by atoms with Gasteiger partial charge in [0.25, 0.3) is 0 Å². The molecule has 2 bridgehead atoms. The van der Waals surface area contributed by atoms with Gasteiger partial charge in [0, 0.05) is 22.6 Å². The smallest absolute Gasteiger partial charge is 0.230 e. The van der Waals surface area contributed by atoms with Gasteiger partial charge in [0.05, 0.1) is 11.2 Å². The Hall–Kier alpha value is -3.40. The molecule has 120 valence electrons. The van der Waals surface area contributed by atoms with E-state index in [1.807, 2.05) is 42.5 Å². The standard InChI is InChI=1S/C21H14N2O2/c1-2-4-19-16(3-1)11-20(23-22-19)15-7-5-14(6-8-15)18-10-9-17-12-21(18)25-13-24-17/h1-12H,13H2. The fraction of sp³-hybridized carbons (Fsp3) is 0.0476. The van der Waals surface area contributed by atoms with Crippen molar-refractivity contribution in [1.29, 1.82) is 0 Å². The number of hydrogen-bond acceptors (Lipinski definition) is 4. The Balaban J connectivity index is 1.52. The predicted molar refractivity (Wildman–Crippen MR) is 96.5 cm³/mol. The highest BCUT2D eigenvalue weighted by molar-refractivity contribution is 5.82. The van der Waals surface area contributed by atoms with Gasteiger partial charge in [0.15, 0.2) is 0 Å². The summed E-state index contributed by atoms with van der Waals surface area (Å²) in [5.41, 5.74) is 4.97. The van der Waals surface area contributed by atoms with Crippen LogP contribution in [-0.2, 0) is 0 Å². The minimum Gasteiger partial charge on any atom is -0.457 e. The van der Waals surface area contributed by atoms with Crippen LogP contribution in [0.2, 0.25) is 0 Å². The third-order valence-electron chi connectivity index (χ3n) is 4.38. The van der Waals surface area contributed by atoms with Gasteiger partial charge in [-0.25, -0.2) is 0 Å². The lowest BCUT2D eigenvalue weighted by Gasteiger charge is -2.18. The first-order valence-electron chi connectivity index (χ1n) is 8.10. The molecule has 2 heterocycles. The maximum Gasteiger partial charge on any atom is 0.230 e. The molecule has 1 aromatic heterocycles. The monoisotopic (exact) mass is 326 g/mol. The first kappa shape index (κ1) is 14.0. The van der Waals surface area contributed by atoms with Crippen LogP contribution in [0.1, 0.15) is 0 Å². The maximum absolute atomic E-state index is 5.59. The topological polar surface area (TPSA) is 44.2 Å². The van der Waals surface area contributed by atoms with Crippen LogP contribution in [0.25, 0.3) is 33.3 Å². The van der Waals surface area contributed by atoms with Crippen molar-refractivity contribution < 1.29 is 9.47 Å². The molecule has 3 aromatic carbocycles. The Bertz CT molecular complexity index is 1070. The molecule has 0 fully saturated rings. The molecule has 0 spiro atoms. The Morgan fingerprint density at radius 3 is 2.48 bits per heavy atom. The Labute approximate surface area is 144 Å². The number of rotatable bonds is 2. The lowest BCUT2D eigenvalue weighted by atomic mass is 10.0. The zero-order valence-corrected chi connectivity index (χ0v) is 13.3. The van der Waals surface area contributed by atoms with Gasteiger partial charge in [-0.15, -0.1) is 10.2 Å². The minimum atomic E-state index is 0.264. The molecule has 0 saturated carbocycles. The first-order chi connectivity index (χ1) is 12.4. The van der Waals surface area contributed by atoms with Crippen molar-refractivity contribution >= 4 is 10.9 Å². The van der Waals surface area contributed by atoms with Gasteiger partial charge in [-0.2, -0.15) is 0 Å². The molecule has 4 nitrogen and oxygen atoms in total. The zero-order valence-electron chi connectivity index (χ0n) is 13.3. The van der Waals surface area contributed by atoms with Crippen molar-refractivity contribution in [2.75, 3.05) is 6.79 Å². The van der Waals surface area contributed by atoms with Crippen LogP contribution in [0.5, 0.6) is 11.5 Å². The molecule has 0 N–H and O–H groups in total. The molecule has 0 unspecified atom stereocenters. The molecule has 0 radical (unpaired) electrons. The Morgan fingerprint density at radius 2 is 1.56 bits per heavy atom. The van der Waals surface area contributed by atoms with Crippen molar-refractivity contribution in [2.24, 2.45) is 0 Å². The van der Waals surface area contributed by atoms with Crippen LogP contribution in [0.15, 0.2) is 72.8 Å². The minimum absolute atomic E-state index is 0.264. The predicted octanol–water partition coefficient (Wildman–Crippen LogP) is 4.69. The van der Waals surface area contributed by atoms with E-state index in [4.69, 9.17) is 9.47 Å². The largest absolute Gasteiger partial charge is 0.457 e. The van der Waals surface area contributed by atoms with E-state index in [0.29, 0.717) is 0 Å². The lowest BCUT2D eigenvalue weighted by molar-refractivity contribution is 0.106. The second kappa shape index (κ2) is 5.60. The number of benzene rings is 3. The summed E-state index contributed by atoms with van der Waals surface area (Å²) in [6, 6.07) is 24.2. The fourth-order valence-corrected chi connectivity index (χ4v) is 3.06. The third-order valence-corrected chi connectivity index (χ3v) is 4.38. The Kier molecular flexibility index (Phi) is 3.13. The summed E-state index contributed by atoms with van der Waals surface area (Å²) in [5, 5.41) is 9.73. The van der Waals surface area contributed by atoms with E-state index in [1.165, 1.54) is 0 Å². The molecule has 1 aliphatic rings. The molecule has 0 saturated heterocycles. The fourth-order valence-electron chi connectivity index (χ4n) is 3.06. The normalized spacial score (nSPS) is 12.5. The SMILES string of the molecule is c1ccc2nnc(-c3ccc(-c4ccc5cc4OCO5)cc3)cc2c1. The van der Waals surface area contributed by atoms with E-state index in [2.05, 4.69) is 40.5 Å².